The fraction of sp³-hybridized carbons (Fsp3) is 0.875. The van der Waals surface area contributed by atoms with Crippen LogP contribution in [0, 0.1) is 0 Å². The number of ether oxygens (including phenoxy) is 1. The second-order valence-electron chi connectivity index (χ2n) is 2.86. The number of amides is 1. The highest BCUT2D eigenvalue weighted by Crippen LogP contribution is 2.01. The van der Waals surface area contributed by atoms with Gasteiger partial charge in [0.05, 0.1) is 6.61 Å². The molecule has 1 N–H and O–H groups in total. The number of nitrogens with one attached hydrogen (secondary N) is 1. The minimum absolute atomic E-state index is 0.134. The van der Waals surface area contributed by atoms with E-state index in [1.807, 2.05) is 4.72 Å². The minimum Gasteiger partial charge on any atom is -0.449 e. The van der Waals surface area contributed by atoms with Crippen LogP contribution in [0.25, 0.3) is 0 Å². The summed E-state index contributed by atoms with van der Waals surface area (Å²) in [6.45, 7) is 4.11. The molecule has 0 bridgehead atoms. The molecule has 0 saturated heterocycles. The molecule has 0 aromatic rings. The van der Waals surface area contributed by atoms with Crippen LogP contribution in [0.2, 0.25) is 0 Å². The molecule has 0 fully saturated rings. The van der Waals surface area contributed by atoms with Crippen LogP contribution in [0.4, 0.5) is 4.79 Å². The molecule has 0 spiro atoms. The van der Waals surface area contributed by atoms with Crippen LogP contribution in [0.3, 0.4) is 0 Å². The van der Waals surface area contributed by atoms with Crippen LogP contribution in [-0.2, 0) is 14.9 Å². The van der Waals surface area contributed by atoms with Gasteiger partial charge in [-0.05, 0) is 13.3 Å². The summed E-state index contributed by atoms with van der Waals surface area (Å²) in [6, 6.07) is 0. The predicted molar refractivity (Wildman–Crippen MR) is 64.7 cm³/mol. The third-order valence-electron chi connectivity index (χ3n) is 1.72. The van der Waals surface area contributed by atoms with Crippen molar-refractivity contribution in [3.8, 4) is 0 Å². The number of hydrogen-bond donors (Lipinski definition) is 1. The first kappa shape index (κ1) is 15.7. The number of nitrogens with zero attached hydrogens (tertiary/aromatic N) is 1. The van der Waals surface area contributed by atoms with E-state index in [1.165, 1.54) is 4.31 Å². The van der Waals surface area contributed by atoms with Crippen molar-refractivity contribution in [2.45, 2.75) is 20.3 Å². The van der Waals surface area contributed by atoms with E-state index in [2.05, 4.69) is 20.7 Å². The summed E-state index contributed by atoms with van der Waals surface area (Å²) in [4.78, 5) is 11.0. The van der Waals surface area contributed by atoms with E-state index < -0.39 is 16.3 Å². The molecule has 0 aliphatic heterocycles. The van der Waals surface area contributed by atoms with Gasteiger partial charge in [0.1, 0.15) is 0 Å². The van der Waals surface area contributed by atoms with Crippen LogP contribution in [0.1, 0.15) is 20.3 Å². The van der Waals surface area contributed by atoms with Crippen molar-refractivity contribution in [3.63, 3.8) is 0 Å². The predicted octanol–water partition coefficient (Wildman–Crippen LogP) is 1.08. The quantitative estimate of drug-likeness (QED) is 0.713. The summed E-state index contributed by atoms with van der Waals surface area (Å²) in [5, 5.41) is 0.707. The monoisotopic (exact) mass is 316 g/mol. The highest BCUT2D eigenvalue weighted by atomic mass is 79.9. The molecule has 0 radical (unpaired) electrons. The van der Waals surface area contributed by atoms with Crippen molar-refractivity contribution in [2.75, 3.05) is 25.0 Å². The number of alkyl halides is 1. The van der Waals surface area contributed by atoms with Crippen LogP contribution in [-0.4, -0.2) is 43.8 Å². The number of rotatable bonds is 7. The third-order valence-corrected chi connectivity index (χ3v) is 3.83. The average molecular weight is 317 g/mol. The molecule has 0 saturated carbocycles. The van der Waals surface area contributed by atoms with Crippen molar-refractivity contribution in [1.29, 1.82) is 0 Å². The Hall–Kier alpha value is -0.340. The molecule has 0 rings (SSSR count). The van der Waals surface area contributed by atoms with Gasteiger partial charge in [-0.25, -0.2) is 9.52 Å². The maximum atomic E-state index is 11.7. The normalized spacial score (nSPS) is 11.5. The first-order valence-corrected chi connectivity index (χ1v) is 7.54. The van der Waals surface area contributed by atoms with Crippen LogP contribution in [0.5, 0.6) is 0 Å². The van der Waals surface area contributed by atoms with Gasteiger partial charge < -0.3 is 4.74 Å². The lowest BCUT2D eigenvalue weighted by Crippen LogP contribution is -2.44. The Balaban J connectivity index is 4.42. The van der Waals surface area contributed by atoms with E-state index in [0.29, 0.717) is 24.8 Å². The zero-order valence-corrected chi connectivity index (χ0v) is 11.8. The van der Waals surface area contributed by atoms with Crippen LogP contribution >= 0.6 is 15.9 Å². The molecular formula is C8H17BrN2O4S. The summed E-state index contributed by atoms with van der Waals surface area (Å²) in [5.74, 6) is 0. The number of halogens is 1. The van der Waals surface area contributed by atoms with E-state index in [1.54, 1.807) is 13.8 Å². The topological polar surface area (TPSA) is 75.7 Å². The first-order valence-electron chi connectivity index (χ1n) is 4.98. The molecule has 8 heteroatoms. The molecule has 0 heterocycles. The van der Waals surface area contributed by atoms with Crippen molar-refractivity contribution < 1.29 is 17.9 Å². The fourth-order valence-electron chi connectivity index (χ4n) is 1.01. The molecule has 0 aliphatic carbocycles. The number of carbonyl (C=O) groups is 1. The lowest BCUT2D eigenvalue weighted by Gasteiger charge is -2.19. The first-order chi connectivity index (χ1) is 7.47. The van der Waals surface area contributed by atoms with E-state index in [9.17, 15) is 13.2 Å². The van der Waals surface area contributed by atoms with Gasteiger partial charge in [-0.15, -0.1) is 0 Å². The summed E-state index contributed by atoms with van der Waals surface area (Å²) in [6.07, 6.45) is -0.266. The van der Waals surface area contributed by atoms with Crippen LogP contribution < -0.4 is 4.72 Å². The fourth-order valence-corrected chi connectivity index (χ4v) is 2.37. The Bertz CT molecular complexity index is 307. The van der Waals surface area contributed by atoms with Crippen molar-refractivity contribution >= 4 is 32.2 Å². The van der Waals surface area contributed by atoms with Crippen molar-refractivity contribution in [3.05, 3.63) is 0 Å². The molecule has 0 aliphatic rings. The van der Waals surface area contributed by atoms with E-state index in [0.717, 1.165) is 0 Å². The Morgan fingerprint density at radius 3 is 2.50 bits per heavy atom. The summed E-state index contributed by atoms with van der Waals surface area (Å²) >= 11 is 3.22. The number of hydrogen-bond acceptors (Lipinski definition) is 4. The summed E-state index contributed by atoms with van der Waals surface area (Å²) < 4.78 is 30.8. The molecular weight excluding hydrogens is 300 g/mol. The molecule has 0 atom stereocenters. The molecule has 6 nitrogen and oxygen atoms in total. The maximum absolute atomic E-state index is 11.7. The van der Waals surface area contributed by atoms with E-state index in [-0.39, 0.29) is 6.61 Å². The standard InChI is InChI=1S/C8H17BrN2O4S/c1-3-11(7-5-6-9)16(13,14)10-8(12)15-4-2/h3-7H2,1-2H3,(H,10,12). The van der Waals surface area contributed by atoms with Gasteiger partial charge >= 0.3 is 16.3 Å². The smallest absolute Gasteiger partial charge is 0.421 e. The molecule has 0 unspecified atom stereocenters. The largest absolute Gasteiger partial charge is 0.449 e. The van der Waals surface area contributed by atoms with Crippen molar-refractivity contribution in [1.82, 2.24) is 9.03 Å². The lowest BCUT2D eigenvalue weighted by atomic mass is 10.5. The summed E-state index contributed by atoms with van der Waals surface area (Å²) in [5.41, 5.74) is 0. The molecule has 96 valence electrons. The second kappa shape index (κ2) is 7.86. The molecule has 0 aromatic heterocycles. The van der Waals surface area contributed by atoms with E-state index >= 15 is 0 Å². The van der Waals surface area contributed by atoms with E-state index in [4.69, 9.17) is 0 Å². The van der Waals surface area contributed by atoms with Gasteiger partial charge in [0, 0.05) is 18.4 Å². The SMILES string of the molecule is CCOC(=O)NS(=O)(=O)N(CC)CCCBr. The van der Waals surface area contributed by atoms with Gasteiger partial charge in [-0.2, -0.15) is 12.7 Å². The highest BCUT2D eigenvalue weighted by molar-refractivity contribution is 9.09. The Kier molecular flexibility index (Phi) is 7.69. The molecule has 0 aromatic carbocycles. The lowest BCUT2D eigenvalue weighted by molar-refractivity contribution is 0.158. The van der Waals surface area contributed by atoms with Crippen molar-refractivity contribution in [2.24, 2.45) is 0 Å². The van der Waals surface area contributed by atoms with Crippen LogP contribution in [0.15, 0.2) is 0 Å². The van der Waals surface area contributed by atoms with Gasteiger partial charge in [-0.1, -0.05) is 22.9 Å². The summed E-state index contributed by atoms with van der Waals surface area (Å²) in [7, 11) is -3.78. The van der Waals surface area contributed by atoms with Gasteiger partial charge in [0.25, 0.3) is 0 Å². The second-order valence-corrected chi connectivity index (χ2v) is 5.33. The Labute approximate surface area is 105 Å². The molecule has 1 amide bonds. The van der Waals surface area contributed by atoms with Gasteiger partial charge in [0.2, 0.25) is 0 Å². The third kappa shape index (κ3) is 5.66. The zero-order chi connectivity index (χ0) is 12.6. The Morgan fingerprint density at radius 2 is 2.06 bits per heavy atom. The van der Waals surface area contributed by atoms with Gasteiger partial charge in [0.15, 0.2) is 0 Å². The Morgan fingerprint density at radius 1 is 1.44 bits per heavy atom. The average Bonchev–Trinajstić information content (AvgIpc) is 2.17. The minimum atomic E-state index is -3.78. The highest BCUT2D eigenvalue weighted by Gasteiger charge is 2.22. The zero-order valence-electron chi connectivity index (χ0n) is 9.40. The molecule has 16 heavy (non-hydrogen) atoms. The van der Waals surface area contributed by atoms with Gasteiger partial charge in [-0.3, -0.25) is 0 Å². The maximum Gasteiger partial charge on any atom is 0.421 e. The number of carbonyl (C=O) groups excluding carboxylic acids is 1.